The molecular formula is C19H29N3O4S. The van der Waals surface area contributed by atoms with Crippen LogP contribution >= 0.6 is 0 Å². The second kappa shape index (κ2) is 6.88. The molecule has 0 bridgehead atoms. The molecule has 2 saturated heterocycles. The standard InChI is InChI=1S/C19H29N3O4S/c1-19(6-9-27(24,25)12-19)17-15-3-2-14(18(20)23)10-16(15)22(21-17)11-13-4-7-26-8-5-13/h13-14H,2-12H2,1H3,(H2,20,23)/t14?,19-/m1/s1. The monoisotopic (exact) mass is 395 g/mol. The van der Waals surface area contributed by atoms with Crippen molar-refractivity contribution in [2.75, 3.05) is 24.7 Å². The van der Waals surface area contributed by atoms with Crippen LogP contribution in [0.5, 0.6) is 0 Å². The van der Waals surface area contributed by atoms with E-state index in [1.807, 2.05) is 6.92 Å². The van der Waals surface area contributed by atoms with Gasteiger partial charge in [-0.1, -0.05) is 6.92 Å². The SMILES string of the molecule is C[C@@]1(c2nn(CC3CCOCC3)c3c2CCC(C(N)=O)C3)CCS(=O)(=O)C1. The van der Waals surface area contributed by atoms with Crippen LogP contribution in [-0.4, -0.2) is 48.8 Å². The Balaban J connectivity index is 1.70. The van der Waals surface area contributed by atoms with E-state index in [0.717, 1.165) is 56.8 Å². The summed E-state index contributed by atoms with van der Waals surface area (Å²) in [5.41, 5.74) is 8.36. The summed E-state index contributed by atoms with van der Waals surface area (Å²) < 4.78 is 31.8. The molecule has 2 atom stereocenters. The van der Waals surface area contributed by atoms with Gasteiger partial charge in [-0.3, -0.25) is 9.48 Å². The summed E-state index contributed by atoms with van der Waals surface area (Å²) in [6.07, 6.45) is 4.73. The van der Waals surface area contributed by atoms with Crippen LogP contribution in [-0.2, 0) is 44.2 Å². The van der Waals surface area contributed by atoms with Crippen molar-refractivity contribution in [2.24, 2.45) is 17.6 Å². The highest BCUT2D eigenvalue weighted by Gasteiger charge is 2.44. The van der Waals surface area contributed by atoms with Crippen molar-refractivity contribution >= 4 is 15.7 Å². The number of aromatic nitrogens is 2. The number of nitrogens with two attached hydrogens (primary N) is 1. The molecule has 7 nitrogen and oxygen atoms in total. The molecular weight excluding hydrogens is 366 g/mol. The van der Waals surface area contributed by atoms with Crippen LogP contribution in [0.4, 0.5) is 0 Å². The van der Waals surface area contributed by atoms with Gasteiger partial charge in [-0.05, 0) is 43.6 Å². The maximum Gasteiger partial charge on any atom is 0.220 e. The Bertz CT molecular complexity index is 841. The number of carbonyl (C=O) groups is 1. The fourth-order valence-electron chi connectivity index (χ4n) is 4.93. The molecule has 1 amide bonds. The predicted molar refractivity (Wildman–Crippen MR) is 101 cm³/mol. The van der Waals surface area contributed by atoms with E-state index in [9.17, 15) is 13.2 Å². The lowest BCUT2D eigenvalue weighted by Crippen LogP contribution is -2.31. The van der Waals surface area contributed by atoms with Gasteiger partial charge in [0.1, 0.15) is 0 Å². The van der Waals surface area contributed by atoms with Gasteiger partial charge in [-0.2, -0.15) is 5.10 Å². The first-order chi connectivity index (χ1) is 12.8. The number of rotatable bonds is 4. The molecule has 0 radical (unpaired) electrons. The van der Waals surface area contributed by atoms with E-state index >= 15 is 0 Å². The number of primary amides is 1. The molecule has 150 valence electrons. The van der Waals surface area contributed by atoms with Crippen molar-refractivity contribution in [2.45, 2.75) is 57.4 Å². The van der Waals surface area contributed by atoms with E-state index in [1.165, 1.54) is 5.56 Å². The number of amides is 1. The van der Waals surface area contributed by atoms with Crippen LogP contribution in [0, 0.1) is 11.8 Å². The lowest BCUT2D eigenvalue weighted by atomic mass is 9.79. The van der Waals surface area contributed by atoms with Crippen LogP contribution in [0.2, 0.25) is 0 Å². The highest BCUT2D eigenvalue weighted by Crippen LogP contribution is 2.40. The van der Waals surface area contributed by atoms with Crippen LogP contribution in [0.1, 0.15) is 49.6 Å². The highest BCUT2D eigenvalue weighted by molar-refractivity contribution is 7.91. The van der Waals surface area contributed by atoms with Gasteiger partial charge in [0.05, 0.1) is 17.2 Å². The molecule has 8 heteroatoms. The van der Waals surface area contributed by atoms with Gasteiger partial charge in [0.2, 0.25) is 5.91 Å². The molecule has 27 heavy (non-hydrogen) atoms. The summed E-state index contributed by atoms with van der Waals surface area (Å²) >= 11 is 0. The van der Waals surface area contributed by atoms with Crippen molar-refractivity contribution in [3.63, 3.8) is 0 Å². The Morgan fingerprint density at radius 3 is 2.70 bits per heavy atom. The Labute approximate surface area is 160 Å². The van der Waals surface area contributed by atoms with Gasteiger partial charge in [0.15, 0.2) is 9.84 Å². The molecule has 0 spiro atoms. The van der Waals surface area contributed by atoms with Crippen LogP contribution in [0.15, 0.2) is 0 Å². The highest BCUT2D eigenvalue weighted by atomic mass is 32.2. The number of hydrogen-bond acceptors (Lipinski definition) is 5. The Hall–Kier alpha value is -1.41. The predicted octanol–water partition coefficient (Wildman–Crippen LogP) is 0.976. The number of hydrogen-bond donors (Lipinski definition) is 1. The summed E-state index contributed by atoms with van der Waals surface area (Å²) in [6.45, 7) is 4.39. The summed E-state index contributed by atoms with van der Waals surface area (Å²) in [7, 11) is -3.01. The van der Waals surface area contributed by atoms with E-state index in [4.69, 9.17) is 15.6 Å². The summed E-state index contributed by atoms with van der Waals surface area (Å²) in [6, 6.07) is 0. The van der Waals surface area contributed by atoms with Crippen molar-refractivity contribution in [1.82, 2.24) is 9.78 Å². The van der Waals surface area contributed by atoms with E-state index in [1.54, 1.807) is 0 Å². The lowest BCUT2D eigenvalue weighted by molar-refractivity contribution is -0.122. The van der Waals surface area contributed by atoms with Gasteiger partial charge in [-0.15, -0.1) is 0 Å². The molecule has 1 aromatic rings. The van der Waals surface area contributed by atoms with Gasteiger partial charge in [0, 0.05) is 43.2 Å². The summed E-state index contributed by atoms with van der Waals surface area (Å²) in [5.74, 6) is 0.491. The molecule has 0 saturated carbocycles. The Morgan fingerprint density at radius 2 is 2.07 bits per heavy atom. The van der Waals surface area contributed by atoms with Crippen LogP contribution in [0.3, 0.4) is 0 Å². The van der Waals surface area contributed by atoms with Crippen LogP contribution < -0.4 is 5.73 Å². The normalized spacial score (nSPS) is 30.9. The third kappa shape index (κ3) is 3.66. The molecule has 2 N–H and O–H groups in total. The largest absolute Gasteiger partial charge is 0.381 e. The molecule has 1 aliphatic carbocycles. The molecule has 3 heterocycles. The first-order valence-corrected chi connectivity index (χ1v) is 11.8. The molecule has 1 unspecified atom stereocenters. The number of fused-ring (bicyclic) bond motifs is 1. The van der Waals surface area contributed by atoms with Crippen molar-refractivity contribution < 1.29 is 17.9 Å². The lowest BCUT2D eigenvalue weighted by Gasteiger charge is -2.26. The van der Waals surface area contributed by atoms with Gasteiger partial charge in [0.25, 0.3) is 0 Å². The summed E-state index contributed by atoms with van der Waals surface area (Å²) in [4.78, 5) is 11.8. The average molecular weight is 396 g/mol. The van der Waals surface area contributed by atoms with Gasteiger partial charge >= 0.3 is 0 Å². The maximum atomic E-state index is 12.1. The Morgan fingerprint density at radius 1 is 1.33 bits per heavy atom. The number of carbonyl (C=O) groups excluding carboxylic acids is 1. The average Bonchev–Trinajstić information content (AvgIpc) is 3.13. The zero-order chi connectivity index (χ0) is 19.2. The zero-order valence-corrected chi connectivity index (χ0v) is 16.8. The number of ether oxygens (including phenoxy) is 1. The molecule has 2 aliphatic heterocycles. The zero-order valence-electron chi connectivity index (χ0n) is 15.9. The van der Waals surface area contributed by atoms with E-state index in [0.29, 0.717) is 18.8 Å². The topological polar surface area (TPSA) is 104 Å². The minimum absolute atomic E-state index is 0.157. The number of sulfone groups is 1. The fraction of sp³-hybridized carbons (Fsp3) is 0.789. The maximum absolute atomic E-state index is 12.1. The van der Waals surface area contributed by atoms with Crippen molar-refractivity contribution in [1.29, 1.82) is 0 Å². The van der Waals surface area contributed by atoms with E-state index in [2.05, 4.69) is 4.68 Å². The molecule has 3 aliphatic rings. The number of nitrogens with zero attached hydrogens (tertiary/aromatic N) is 2. The quantitative estimate of drug-likeness (QED) is 0.818. The minimum Gasteiger partial charge on any atom is -0.381 e. The van der Waals surface area contributed by atoms with Crippen LogP contribution in [0.25, 0.3) is 0 Å². The van der Waals surface area contributed by atoms with Crippen molar-refractivity contribution in [3.8, 4) is 0 Å². The molecule has 4 rings (SSSR count). The van der Waals surface area contributed by atoms with Gasteiger partial charge < -0.3 is 10.5 Å². The van der Waals surface area contributed by atoms with E-state index < -0.39 is 15.3 Å². The minimum atomic E-state index is -3.01. The first-order valence-electron chi connectivity index (χ1n) is 9.94. The first kappa shape index (κ1) is 18.9. The Kier molecular flexibility index (Phi) is 4.83. The fourth-order valence-corrected chi connectivity index (χ4v) is 7.09. The third-order valence-electron chi connectivity index (χ3n) is 6.60. The summed E-state index contributed by atoms with van der Waals surface area (Å²) in [5, 5.41) is 4.96. The second-order valence-corrected chi connectivity index (χ2v) is 10.9. The van der Waals surface area contributed by atoms with Gasteiger partial charge in [-0.25, -0.2) is 8.42 Å². The third-order valence-corrected chi connectivity index (χ3v) is 8.50. The van der Waals surface area contributed by atoms with E-state index in [-0.39, 0.29) is 23.3 Å². The molecule has 0 aromatic carbocycles. The smallest absolute Gasteiger partial charge is 0.220 e. The van der Waals surface area contributed by atoms with Crippen molar-refractivity contribution in [3.05, 3.63) is 17.0 Å². The second-order valence-electron chi connectivity index (χ2n) is 8.76. The molecule has 1 aromatic heterocycles. The molecule has 2 fully saturated rings.